The van der Waals surface area contributed by atoms with Gasteiger partial charge in [0.05, 0.1) is 0 Å². The SMILES string of the molecule is Cc1ccccc1C1CCNC1CCN. The van der Waals surface area contributed by atoms with Gasteiger partial charge in [-0.25, -0.2) is 0 Å². The average molecular weight is 204 g/mol. The summed E-state index contributed by atoms with van der Waals surface area (Å²) in [6.07, 6.45) is 2.33. The minimum atomic E-state index is 0.580. The highest BCUT2D eigenvalue weighted by atomic mass is 15.0. The van der Waals surface area contributed by atoms with Crippen molar-refractivity contribution in [1.29, 1.82) is 0 Å². The molecule has 82 valence electrons. The van der Waals surface area contributed by atoms with E-state index in [1.54, 1.807) is 0 Å². The number of nitrogens with one attached hydrogen (secondary N) is 1. The highest BCUT2D eigenvalue weighted by Crippen LogP contribution is 2.31. The van der Waals surface area contributed by atoms with E-state index in [1.165, 1.54) is 17.5 Å². The number of rotatable bonds is 3. The van der Waals surface area contributed by atoms with Crippen LogP contribution in [0.4, 0.5) is 0 Å². The third-order valence-corrected chi connectivity index (χ3v) is 3.41. The molecule has 2 heteroatoms. The second-order valence-electron chi connectivity index (χ2n) is 4.39. The van der Waals surface area contributed by atoms with Crippen LogP contribution in [-0.4, -0.2) is 19.1 Å². The highest BCUT2D eigenvalue weighted by molar-refractivity contribution is 5.31. The fraction of sp³-hybridized carbons (Fsp3) is 0.538. The topological polar surface area (TPSA) is 38.0 Å². The van der Waals surface area contributed by atoms with Crippen LogP contribution in [0.25, 0.3) is 0 Å². The second-order valence-corrected chi connectivity index (χ2v) is 4.39. The molecule has 1 heterocycles. The van der Waals surface area contributed by atoms with Crippen LogP contribution in [0.2, 0.25) is 0 Å². The van der Waals surface area contributed by atoms with Crippen molar-refractivity contribution in [2.75, 3.05) is 13.1 Å². The molecule has 0 aliphatic carbocycles. The third-order valence-electron chi connectivity index (χ3n) is 3.41. The first kappa shape index (κ1) is 10.7. The maximum atomic E-state index is 5.65. The molecule has 1 aliphatic rings. The molecule has 1 aromatic carbocycles. The zero-order valence-corrected chi connectivity index (χ0v) is 9.37. The Hall–Kier alpha value is -0.860. The summed E-state index contributed by atoms with van der Waals surface area (Å²) in [4.78, 5) is 0. The van der Waals surface area contributed by atoms with Crippen LogP contribution < -0.4 is 11.1 Å². The van der Waals surface area contributed by atoms with E-state index in [4.69, 9.17) is 5.73 Å². The Morgan fingerprint density at radius 3 is 2.93 bits per heavy atom. The third kappa shape index (κ3) is 2.21. The minimum absolute atomic E-state index is 0.580. The van der Waals surface area contributed by atoms with Crippen molar-refractivity contribution in [3.05, 3.63) is 35.4 Å². The Kier molecular flexibility index (Phi) is 3.39. The number of hydrogen-bond donors (Lipinski definition) is 2. The summed E-state index contributed by atoms with van der Waals surface area (Å²) in [6, 6.07) is 9.29. The lowest BCUT2D eigenvalue weighted by molar-refractivity contribution is 0.514. The molecule has 1 saturated heterocycles. The van der Waals surface area contributed by atoms with Gasteiger partial charge in [0, 0.05) is 12.0 Å². The molecular weight excluding hydrogens is 184 g/mol. The monoisotopic (exact) mass is 204 g/mol. The summed E-state index contributed by atoms with van der Waals surface area (Å²) in [7, 11) is 0. The molecule has 2 nitrogen and oxygen atoms in total. The average Bonchev–Trinajstić information content (AvgIpc) is 2.67. The lowest BCUT2D eigenvalue weighted by Crippen LogP contribution is -2.28. The molecule has 0 aromatic heterocycles. The summed E-state index contributed by atoms with van der Waals surface area (Å²) in [5, 5.41) is 3.55. The number of hydrogen-bond acceptors (Lipinski definition) is 2. The molecule has 1 aliphatic heterocycles. The van der Waals surface area contributed by atoms with E-state index >= 15 is 0 Å². The summed E-state index contributed by atoms with van der Waals surface area (Å²) in [6.45, 7) is 4.11. The van der Waals surface area contributed by atoms with Crippen LogP contribution in [-0.2, 0) is 0 Å². The van der Waals surface area contributed by atoms with Crippen molar-refractivity contribution < 1.29 is 0 Å². The first-order valence-electron chi connectivity index (χ1n) is 5.82. The van der Waals surface area contributed by atoms with Gasteiger partial charge < -0.3 is 11.1 Å². The fourth-order valence-corrected chi connectivity index (χ4v) is 2.63. The molecule has 2 atom stereocenters. The van der Waals surface area contributed by atoms with Crippen LogP contribution in [0.5, 0.6) is 0 Å². The van der Waals surface area contributed by atoms with Crippen LogP contribution in [0.15, 0.2) is 24.3 Å². The molecule has 3 N–H and O–H groups in total. The molecule has 0 amide bonds. The number of benzene rings is 1. The summed E-state index contributed by atoms with van der Waals surface area (Å²) in [5.74, 6) is 0.662. The number of nitrogens with two attached hydrogens (primary N) is 1. The fourth-order valence-electron chi connectivity index (χ4n) is 2.63. The summed E-state index contributed by atoms with van der Waals surface area (Å²) in [5.41, 5.74) is 8.56. The van der Waals surface area contributed by atoms with Gasteiger partial charge in [-0.3, -0.25) is 0 Å². The zero-order valence-electron chi connectivity index (χ0n) is 9.37. The van der Waals surface area contributed by atoms with Gasteiger partial charge in [0.25, 0.3) is 0 Å². The van der Waals surface area contributed by atoms with E-state index in [9.17, 15) is 0 Å². The zero-order chi connectivity index (χ0) is 10.7. The van der Waals surface area contributed by atoms with Gasteiger partial charge in [0.1, 0.15) is 0 Å². The van der Waals surface area contributed by atoms with Gasteiger partial charge in [0.2, 0.25) is 0 Å². The standard InChI is InChI=1S/C13H20N2/c1-10-4-2-3-5-11(10)12-7-9-15-13(12)6-8-14/h2-5,12-13,15H,6-9,14H2,1H3. The molecular formula is C13H20N2. The first-order valence-corrected chi connectivity index (χ1v) is 5.82. The van der Waals surface area contributed by atoms with Gasteiger partial charge in [-0.15, -0.1) is 0 Å². The smallest absolute Gasteiger partial charge is 0.0148 e. The van der Waals surface area contributed by atoms with Gasteiger partial charge >= 0.3 is 0 Å². The maximum absolute atomic E-state index is 5.65. The minimum Gasteiger partial charge on any atom is -0.330 e. The summed E-state index contributed by atoms with van der Waals surface area (Å²) >= 11 is 0. The van der Waals surface area contributed by atoms with Crippen molar-refractivity contribution in [2.45, 2.75) is 31.7 Å². The molecule has 2 rings (SSSR count). The van der Waals surface area contributed by atoms with Crippen LogP contribution in [0.3, 0.4) is 0 Å². The van der Waals surface area contributed by atoms with Gasteiger partial charge in [0.15, 0.2) is 0 Å². The molecule has 0 radical (unpaired) electrons. The summed E-state index contributed by atoms with van der Waals surface area (Å²) < 4.78 is 0. The Balaban J connectivity index is 2.19. The van der Waals surface area contributed by atoms with Gasteiger partial charge in [-0.1, -0.05) is 24.3 Å². The normalized spacial score (nSPS) is 25.7. The van der Waals surface area contributed by atoms with Gasteiger partial charge in [-0.2, -0.15) is 0 Å². The maximum Gasteiger partial charge on any atom is 0.0148 e. The molecule has 15 heavy (non-hydrogen) atoms. The van der Waals surface area contributed by atoms with Crippen molar-refractivity contribution in [3.63, 3.8) is 0 Å². The van der Waals surface area contributed by atoms with E-state index in [0.29, 0.717) is 12.0 Å². The predicted octanol–water partition coefficient (Wildman–Crippen LogP) is 1.79. The van der Waals surface area contributed by atoms with E-state index in [-0.39, 0.29) is 0 Å². The Bertz CT molecular complexity index is 322. The van der Waals surface area contributed by atoms with Crippen LogP contribution >= 0.6 is 0 Å². The predicted molar refractivity (Wildman–Crippen MR) is 64.0 cm³/mol. The molecule has 0 bridgehead atoms. The van der Waals surface area contributed by atoms with E-state index in [2.05, 4.69) is 36.5 Å². The van der Waals surface area contributed by atoms with E-state index < -0.39 is 0 Å². The molecule has 0 spiro atoms. The second kappa shape index (κ2) is 4.77. The quantitative estimate of drug-likeness (QED) is 0.787. The molecule has 1 aromatic rings. The van der Waals surface area contributed by atoms with Crippen molar-refractivity contribution >= 4 is 0 Å². The Morgan fingerprint density at radius 1 is 1.40 bits per heavy atom. The lowest BCUT2D eigenvalue weighted by Gasteiger charge is -2.20. The van der Waals surface area contributed by atoms with E-state index in [0.717, 1.165) is 19.5 Å². The Labute approximate surface area is 91.9 Å². The molecule has 1 fully saturated rings. The van der Waals surface area contributed by atoms with Crippen molar-refractivity contribution in [3.8, 4) is 0 Å². The highest BCUT2D eigenvalue weighted by Gasteiger charge is 2.27. The largest absolute Gasteiger partial charge is 0.330 e. The van der Waals surface area contributed by atoms with Crippen molar-refractivity contribution in [1.82, 2.24) is 5.32 Å². The lowest BCUT2D eigenvalue weighted by atomic mass is 9.87. The van der Waals surface area contributed by atoms with Crippen molar-refractivity contribution in [2.24, 2.45) is 5.73 Å². The van der Waals surface area contributed by atoms with Crippen LogP contribution in [0.1, 0.15) is 29.9 Å². The Morgan fingerprint density at radius 2 is 2.20 bits per heavy atom. The molecule has 2 unspecified atom stereocenters. The van der Waals surface area contributed by atoms with Crippen LogP contribution in [0, 0.1) is 6.92 Å². The first-order chi connectivity index (χ1) is 7.33. The molecule has 0 saturated carbocycles. The van der Waals surface area contributed by atoms with E-state index in [1.807, 2.05) is 0 Å². The van der Waals surface area contributed by atoms with Gasteiger partial charge in [-0.05, 0) is 44.0 Å². The number of aryl methyl sites for hydroxylation is 1.